The molecule has 116 valence electrons. The SMILES string of the molecule is C=C.COc1ccc(C)c(B2OC(C)(C)C(C)(C)O2)c1C. The Hall–Kier alpha value is -1.26. The molecule has 1 saturated heterocycles. The normalized spacial score (nSPS) is 18.9. The molecule has 1 heterocycles. The largest absolute Gasteiger partial charge is 0.497 e. The van der Waals surface area contributed by atoms with Gasteiger partial charge in [0.25, 0.3) is 0 Å². The summed E-state index contributed by atoms with van der Waals surface area (Å²) in [5, 5.41) is 0. The number of ether oxygens (including phenoxy) is 1. The third-order valence-corrected chi connectivity index (χ3v) is 4.39. The van der Waals surface area contributed by atoms with Gasteiger partial charge in [-0.05, 0) is 58.6 Å². The van der Waals surface area contributed by atoms with E-state index in [2.05, 4.69) is 47.8 Å². The smallest absolute Gasteiger partial charge is 0.495 e. The molecular weight excluding hydrogens is 263 g/mol. The summed E-state index contributed by atoms with van der Waals surface area (Å²) in [4.78, 5) is 0. The molecule has 0 aliphatic carbocycles. The minimum Gasteiger partial charge on any atom is -0.497 e. The molecule has 0 N–H and O–H groups in total. The van der Waals surface area contributed by atoms with Crippen LogP contribution < -0.4 is 10.2 Å². The Morgan fingerprint density at radius 2 is 1.48 bits per heavy atom. The van der Waals surface area contributed by atoms with Crippen LogP contribution in [-0.2, 0) is 9.31 Å². The fraction of sp³-hybridized carbons (Fsp3) is 0.529. The van der Waals surface area contributed by atoms with E-state index in [0.29, 0.717) is 0 Å². The number of aryl methyl sites for hydroxylation is 1. The van der Waals surface area contributed by atoms with E-state index in [0.717, 1.165) is 22.3 Å². The van der Waals surface area contributed by atoms with Crippen molar-refractivity contribution >= 4 is 12.6 Å². The lowest BCUT2D eigenvalue weighted by Gasteiger charge is -2.32. The Morgan fingerprint density at radius 3 is 1.90 bits per heavy atom. The predicted octanol–water partition coefficient (Wildman–Crippen LogP) is 3.41. The van der Waals surface area contributed by atoms with Crippen molar-refractivity contribution in [2.45, 2.75) is 52.7 Å². The van der Waals surface area contributed by atoms with Gasteiger partial charge in [-0.25, -0.2) is 0 Å². The lowest BCUT2D eigenvalue weighted by Crippen LogP contribution is -2.41. The van der Waals surface area contributed by atoms with Crippen LogP contribution in [0, 0.1) is 13.8 Å². The molecule has 0 unspecified atom stereocenters. The maximum atomic E-state index is 6.13. The number of methoxy groups -OCH3 is 1. The lowest BCUT2D eigenvalue weighted by molar-refractivity contribution is 0.00578. The molecule has 1 aromatic rings. The average molecular weight is 290 g/mol. The Labute approximate surface area is 129 Å². The monoisotopic (exact) mass is 290 g/mol. The molecule has 0 radical (unpaired) electrons. The quantitative estimate of drug-likeness (QED) is 0.617. The second-order valence-corrected chi connectivity index (χ2v) is 6.21. The maximum absolute atomic E-state index is 6.13. The minimum absolute atomic E-state index is 0.320. The molecule has 0 bridgehead atoms. The zero-order valence-corrected chi connectivity index (χ0v) is 14.4. The van der Waals surface area contributed by atoms with Gasteiger partial charge in [-0.15, -0.1) is 13.2 Å². The standard InChI is InChI=1S/C15H23BO3.C2H4/c1-10-8-9-12(17-7)11(2)13(10)16-18-14(3,4)15(5,6)19-16;1-2/h8-9H,1-7H3;1-2H2. The Bertz CT molecular complexity index is 493. The van der Waals surface area contributed by atoms with Gasteiger partial charge in [0, 0.05) is 0 Å². The number of benzene rings is 1. The summed E-state index contributed by atoms with van der Waals surface area (Å²) in [6.45, 7) is 18.4. The molecule has 21 heavy (non-hydrogen) atoms. The summed E-state index contributed by atoms with van der Waals surface area (Å²) in [7, 11) is 1.35. The van der Waals surface area contributed by atoms with E-state index < -0.39 is 0 Å². The highest BCUT2D eigenvalue weighted by atomic mass is 16.7. The van der Waals surface area contributed by atoms with E-state index >= 15 is 0 Å². The van der Waals surface area contributed by atoms with Crippen LogP contribution in [0.5, 0.6) is 5.75 Å². The van der Waals surface area contributed by atoms with Crippen molar-refractivity contribution in [2.75, 3.05) is 7.11 Å². The molecule has 1 fully saturated rings. The van der Waals surface area contributed by atoms with Crippen molar-refractivity contribution in [1.29, 1.82) is 0 Å². The molecule has 1 aromatic carbocycles. The maximum Gasteiger partial charge on any atom is 0.495 e. The molecule has 1 aliphatic rings. The molecule has 1 aliphatic heterocycles. The molecule has 0 spiro atoms. The summed E-state index contributed by atoms with van der Waals surface area (Å²) < 4.78 is 17.7. The Morgan fingerprint density at radius 1 is 1.00 bits per heavy atom. The van der Waals surface area contributed by atoms with Gasteiger partial charge in [0.05, 0.1) is 18.3 Å². The van der Waals surface area contributed by atoms with Crippen LogP contribution in [0.15, 0.2) is 25.3 Å². The van der Waals surface area contributed by atoms with Crippen molar-refractivity contribution < 1.29 is 14.0 Å². The molecule has 0 saturated carbocycles. The van der Waals surface area contributed by atoms with Crippen LogP contribution >= 0.6 is 0 Å². The average Bonchev–Trinajstić information content (AvgIpc) is 2.61. The molecule has 4 heteroatoms. The summed E-state index contributed by atoms with van der Waals surface area (Å²) in [5.41, 5.74) is 2.69. The first-order chi connectivity index (χ1) is 9.69. The molecule has 2 rings (SSSR count). The summed E-state index contributed by atoms with van der Waals surface area (Å²) in [6.07, 6.45) is 0. The van der Waals surface area contributed by atoms with Gasteiger partial charge >= 0.3 is 7.12 Å². The second-order valence-electron chi connectivity index (χ2n) is 6.21. The van der Waals surface area contributed by atoms with E-state index in [1.54, 1.807) is 7.11 Å². The molecule has 0 aromatic heterocycles. The molecule has 3 nitrogen and oxygen atoms in total. The number of hydrogen-bond donors (Lipinski definition) is 0. The van der Waals surface area contributed by atoms with Gasteiger partial charge in [-0.2, -0.15) is 0 Å². The zero-order valence-electron chi connectivity index (χ0n) is 14.4. The highest BCUT2D eigenvalue weighted by Gasteiger charge is 2.52. The number of rotatable bonds is 2. The third kappa shape index (κ3) is 3.17. The highest BCUT2D eigenvalue weighted by molar-refractivity contribution is 6.63. The third-order valence-electron chi connectivity index (χ3n) is 4.39. The first kappa shape index (κ1) is 17.8. The van der Waals surface area contributed by atoms with E-state index in [9.17, 15) is 0 Å². The van der Waals surface area contributed by atoms with Crippen molar-refractivity contribution in [3.05, 3.63) is 36.4 Å². The summed E-state index contributed by atoms with van der Waals surface area (Å²) in [6, 6.07) is 4.03. The minimum atomic E-state index is -0.333. The van der Waals surface area contributed by atoms with Gasteiger partial charge in [-0.3, -0.25) is 0 Å². The van der Waals surface area contributed by atoms with Crippen molar-refractivity contribution in [2.24, 2.45) is 0 Å². The van der Waals surface area contributed by atoms with Crippen molar-refractivity contribution in [3.63, 3.8) is 0 Å². The van der Waals surface area contributed by atoms with Crippen LogP contribution in [0.25, 0.3) is 0 Å². The first-order valence-corrected chi connectivity index (χ1v) is 7.19. The molecule has 0 amide bonds. The van der Waals surface area contributed by atoms with E-state index in [4.69, 9.17) is 14.0 Å². The Kier molecular flexibility index (Phi) is 5.29. The van der Waals surface area contributed by atoms with E-state index in [1.165, 1.54) is 0 Å². The van der Waals surface area contributed by atoms with E-state index in [-0.39, 0.29) is 18.3 Å². The topological polar surface area (TPSA) is 27.7 Å². The highest BCUT2D eigenvalue weighted by Crippen LogP contribution is 2.37. The lowest BCUT2D eigenvalue weighted by atomic mass is 9.73. The Balaban J connectivity index is 0.00000106. The van der Waals surface area contributed by atoms with Gasteiger partial charge in [0.1, 0.15) is 5.75 Å². The van der Waals surface area contributed by atoms with E-state index in [1.807, 2.05) is 19.1 Å². The predicted molar refractivity (Wildman–Crippen MR) is 89.4 cm³/mol. The molecular formula is C17H27BO3. The summed E-state index contributed by atoms with van der Waals surface area (Å²) in [5.74, 6) is 0.871. The number of hydrogen-bond acceptors (Lipinski definition) is 3. The van der Waals surface area contributed by atoms with Crippen LogP contribution in [-0.4, -0.2) is 25.4 Å². The fourth-order valence-electron chi connectivity index (χ4n) is 2.39. The van der Waals surface area contributed by atoms with Gasteiger partial charge in [-0.1, -0.05) is 11.6 Å². The fourth-order valence-corrected chi connectivity index (χ4v) is 2.39. The van der Waals surface area contributed by atoms with Crippen LogP contribution in [0.4, 0.5) is 0 Å². The summed E-state index contributed by atoms with van der Waals surface area (Å²) >= 11 is 0. The van der Waals surface area contributed by atoms with Crippen LogP contribution in [0.1, 0.15) is 38.8 Å². The second kappa shape index (κ2) is 6.24. The van der Waals surface area contributed by atoms with Crippen LogP contribution in [0.3, 0.4) is 0 Å². The zero-order chi connectivity index (χ0) is 16.4. The van der Waals surface area contributed by atoms with Gasteiger partial charge in [0.2, 0.25) is 0 Å². The van der Waals surface area contributed by atoms with Crippen molar-refractivity contribution in [1.82, 2.24) is 0 Å². The van der Waals surface area contributed by atoms with Crippen LogP contribution in [0.2, 0.25) is 0 Å². The first-order valence-electron chi connectivity index (χ1n) is 7.19. The van der Waals surface area contributed by atoms with Gasteiger partial charge < -0.3 is 14.0 Å². The van der Waals surface area contributed by atoms with Gasteiger partial charge in [0.15, 0.2) is 0 Å². The molecule has 0 atom stereocenters. The van der Waals surface area contributed by atoms with Crippen molar-refractivity contribution in [3.8, 4) is 5.75 Å².